The highest BCUT2D eigenvalue weighted by Crippen LogP contribution is 2.17. The Balaban J connectivity index is 2.82. The fourth-order valence-electron chi connectivity index (χ4n) is 1.16. The molecule has 0 saturated carbocycles. The highest BCUT2D eigenvalue weighted by Gasteiger charge is 2.29. The number of carbonyl (C=O) groups excluding carboxylic acids is 2. The van der Waals surface area contributed by atoms with Crippen LogP contribution in [0.2, 0.25) is 0 Å². The smallest absolute Gasteiger partial charge is 0.323 e. The average Bonchev–Trinajstić information content (AvgIpc) is 2.10. The number of hydrogen-bond acceptors (Lipinski definition) is 4. The van der Waals surface area contributed by atoms with E-state index in [1.165, 1.54) is 13.0 Å². The second-order valence-electron chi connectivity index (χ2n) is 3.68. The van der Waals surface area contributed by atoms with Gasteiger partial charge in [0.1, 0.15) is 5.54 Å². The van der Waals surface area contributed by atoms with Gasteiger partial charge < -0.3 is 10.8 Å². The van der Waals surface area contributed by atoms with Gasteiger partial charge in [0.25, 0.3) is 0 Å². The van der Waals surface area contributed by atoms with Crippen molar-refractivity contribution in [2.45, 2.75) is 18.9 Å². The van der Waals surface area contributed by atoms with E-state index in [1.54, 1.807) is 0 Å². The predicted octanol–water partition coefficient (Wildman–Crippen LogP) is -0.187. The van der Waals surface area contributed by atoms with Gasteiger partial charge >= 0.3 is 5.97 Å². The van der Waals surface area contributed by atoms with Crippen LogP contribution in [0.25, 0.3) is 0 Å². The molecule has 0 aromatic rings. The molecule has 1 aliphatic rings. The average molecular weight is 209 g/mol. The van der Waals surface area contributed by atoms with Gasteiger partial charge in [0, 0.05) is 6.42 Å². The van der Waals surface area contributed by atoms with Crippen molar-refractivity contribution in [3.63, 3.8) is 0 Å². The van der Waals surface area contributed by atoms with Gasteiger partial charge in [-0.1, -0.05) is 6.08 Å². The third-order valence-electron chi connectivity index (χ3n) is 2.07. The molecule has 0 amide bonds. The molecule has 0 saturated heterocycles. The molecule has 0 radical (unpaired) electrons. The van der Waals surface area contributed by atoms with Crippen LogP contribution in [-0.4, -0.2) is 28.2 Å². The number of aliphatic carboxylic acids is 1. The molecule has 0 aromatic carbocycles. The first-order chi connectivity index (χ1) is 6.83. The molecular weight excluding hydrogens is 198 g/mol. The number of carbonyl (C=O) groups is 3. The van der Waals surface area contributed by atoms with Crippen LogP contribution in [0.15, 0.2) is 23.8 Å². The molecule has 80 valence electrons. The van der Waals surface area contributed by atoms with Crippen LogP contribution >= 0.6 is 0 Å². The van der Waals surface area contributed by atoms with E-state index in [1.807, 2.05) is 0 Å². The Kier molecular flexibility index (Phi) is 2.85. The van der Waals surface area contributed by atoms with Crippen LogP contribution in [0.1, 0.15) is 13.3 Å². The topological polar surface area (TPSA) is 97.5 Å². The molecule has 5 heteroatoms. The summed E-state index contributed by atoms with van der Waals surface area (Å²) in [6.07, 6.45) is 3.67. The summed E-state index contributed by atoms with van der Waals surface area (Å²) in [5.41, 5.74) is 4.52. The number of carboxylic acid groups (broad SMARTS) is 1. The van der Waals surface area contributed by atoms with E-state index in [-0.39, 0.29) is 6.42 Å². The number of ketones is 2. The molecule has 1 atom stereocenters. The number of hydrogen-bond donors (Lipinski definition) is 2. The molecule has 1 rings (SSSR count). The molecule has 0 unspecified atom stereocenters. The third-order valence-corrected chi connectivity index (χ3v) is 2.07. The number of allylic oxidation sites excluding steroid dienone is 3. The third kappa shape index (κ3) is 2.60. The normalized spacial score (nSPS) is 19.7. The highest BCUT2D eigenvalue weighted by molar-refractivity contribution is 6.46. The SMILES string of the molecule is C[C@](N)(CC1=CC(=O)C(=O)C=C1)C(=O)O. The van der Waals surface area contributed by atoms with E-state index >= 15 is 0 Å². The van der Waals surface area contributed by atoms with Gasteiger partial charge in [-0.25, -0.2) is 0 Å². The van der Waals surface area contributed by atoms with Gasteiger partial charge in [0.05, 0.1) is 0 Å². The van der Waals surface area contributed by atoms with Gasteiger partial charge in [0.2, 0.25) is 11.6 Å². The van der Waals surface area contributed by atoms with E-state index in [0.29, 0.717) is 5.57 Å². The summed E-state index contributed by atoms with van der Waals surface area (Å²) < 4.78 is 0. The number of rotatable bonds is 3. The fraction of sp³-hybridized carbons (Fsp3) is 0.300. The van der Waals surface area contributed by atoms with Crippen molar-refractivity contribution in [1.82, 2.24) is 0 Å². The fourth-order valence-corrected chi connectivity index (χ4v) is 1.16. The Labute approximate surface area is 86.3 Å². The van der Waals surface area contributed by atoms with Crippen LogP contribution in [0.3, 0.4) is 0 Å². The van der Waals surface area contributed by atoms with Crippen LogP contribution in [0.5, 0.6) is 0 Å². The predicted molar refractivity (Wildman–Crippen MR) is 52.1 cm³/mol. The lowest BCUT2D eigenvalue weighted by molar-refractivity contribution is -0.142. The standard InChI is InChI=1S/C10H11NO4/c1-10(11,9(14)15)5-6-2-3-7(12)8(13)4-6/h2-4H,5,11H2,1H3,(H,14,15)/t10-/m0/s1. The van der Waals surface area contributed by atoms with Crippen molar-refractivity contribution in [3.05, 3.63) is 23.8 Å². The van der Waals surface area contributed by atoms with E-state index in [4.69, 9.17) is 10.8 Å². The van der Waals surface area contributed by atoms with E-state index in [9.17, 15) is 14.4 Å². The minimum absolute atomic E-state index is 0.0118. The van der Waals surface area contributed by atoms with E-state index in [0.717, 1.165) is 12.2 Å². The second kappa shape index (κ2) is 3.78. The summed E-state index contributed by atoms with van der Waals surface area (Å²) in [6, 6.07) is 0. The second-order valence-corrected chi connectivity index (χ2v) is 3.68. The molecule has 3 N–H and O–H groups in total. The molecule has 1 aliphatic carbocycles. The summed E-state index contributed by atoms with van der Waals surface area (Å²) in [4.78, 5) is 32.5. The zero-order valence-electron chi connectivity index (χ0n) is 8.19. The Hall–Kier alpha value is -1.75. The van der Waals surface area contributed by atoms with Gasteiger partial charge in [-0.15, -0.1) is 0 Å². The largest absolute Gasteiger partial charge is 0.480 e. The minimum Gasteiger partial charge on any atom is -0.480 e. The zero-order chi connectivity index (χ0) is 11.6. The zero-order valence-corrected chi connectivity index (χ0v) is 8.19. The lowest BCUT2D eigenvalue weighted by Gasteiger charge is -2.20. The molecule has 0 heterocycles. The lowest BCUT2D eigenvalue weighted by atomic mass is 9.91. The summed E-state index contributed by atoms with van der Waals surface area (Å²) in [7, 11) is 0. The highest BCUT2D eigenvalue weighted by atomic mass is 16.4. The van der Waals surface area contributed by atoms with E-state index in [2.05, 4.69) is 0 Å². The Morgan fingerprint density at radius 3 is 2.47 bits per heavy atom. The van der Waals surface area contributed by atoms with Gasteiger partial charge in [0.15, 0.2) is 0 Å². The first-order valence-corrected chi connectivity index (χ1v) is 4.32. The maximum Gasteiger partial charge on any atom is 0.323 e. The number of carboxylic acids is 1. The van der Waals surface area contributed by atoms with Crippen LogP contribution in [0.4, 0.5) is 0 Å². The van der Waals surface area contributed by atoms with Crippen molar-refractivity contribution >= 4 is 17.5 Å². The van der Waals surface area contributed by atoms with Gasteiger partial charge in [-0.05, 0) is 24.6 Å². The Morgan fingerprint density at radius 1 is 1.40 bits per heavy atom. The van der Waals surface area contributed by atoms with E-state index < -0.39 is 23.1 Å². The molecule has 15 heavy (non-hydrogen) atoms. The minimum atomic E-state index is -1.43. The first kappa shape index (κ1) is 11.3. The summed E-state index contributed by atoms with van der Waals surface area (Å²) >= 11 is 0. The monoisotopic (exact) mass is 209 g/mol. The molecular formula is C10H11NO4. The Bertz CT molecular complexity index is 390. The van der Waals surface area contributed by atoms with Crippen LogP contribution in [0, 0.1) is 0 Å². The first-order valence-electron chi connectivity index (χ1n) is 4.32. The molecule has 0 spiro atoms. The summed E-state index contributed by atoms with van der Waals surface area (Å²) in [5, 5.41) is 8.76. The van der Waals surface area contributed by atoms with Crippen LogP contribution < -0.4 is 5.73 Å². The molecule has 5 nitrogen and oxygen atoms in total. The molecule has 0 aliphatic heterocycles. The lowest BCUT2D eigenvalue weighted by Crippen LogP contribution is -2.45. The maximum absolute atomic E-state index is 11.0. The number of nitrogens with two attached hydrogens (primary N) is 1. The molecule has 0 aromatic heterocycles. The molecule has 0 bridgehead atoms. The summed E-state index contributed by atoms with van der Waals surface area (Å²) in [5.74, 6) is -2.40. The summed E-state index contributed by atoms with van der Waals surface area (Å²) in [6.45, 7) is 1.35. The quantitative estimate of drug-likeness (QED) is 0.496. The Morgan fingerprint density at radius 2 is 2.00 bits per heavy atom. The van der Waals surface area contributed by atoms with Crippen molar-refractivity contribution < 1.29 is 19.5 Å². The van der Waals surface area contributed by atoms with Crippen molar-refractivity contribution in [1.29, 1.82) is 0 Å². The molecule has 0 fully saturated rings. The van der Waals surface area contributed by atoms with Gasteiger partial charge in [-0.3, -0.25) is 14.4 Å². The van der Waals surface area contributed by atoms with Gasteiger partial charge in [-0.2, -0.15) is 0 Å². The van der Waals surface area contributed by atoms with Crippen LogP contribution in [-0.2, 0) is 14.4 Å². The van der Waals surface area contributed by atoms with Crippen molar-refractivity contribution in [2.75, 3.05) is 0 Å². The van der Waals surface area contributed by atoms with Crippen molar-refractivity contribution in [3.8, 4) is 0 Å². The van der Waals surface area contributed by atoms with Crippen molar-refractivity contribution in [2.24, 2.45) is 5.73 Å². The maximum atomic E-state index is 11.0.